The highest BCUT2D eigenvalue weighted by Gasteiger charge is 2.09. The van der Waals surface area contributed by atoms with Crippen molar-refractivity contribution in [3.8, 4) is 17.6 Å². The van der Waals surface area contributed by atoms with Gasteiger partial charge in [-0.15, -0.1) is 0 Å². The fourth-order valence-electron chi connectivity index (χ4n) is 2.13. The maximum absolute atomic E-state index is 9.18. The van der Waals surface area contributed by atoms with Crippen LogP contribution in [0.25, 0.3) is 10.8 Å². The van der Waals surface area contributed by atoms with Gasteiger partial charge in [0.25, 0.3) is 0 Å². The molecule has 3 aromatic rings. The number of hydrogen-bond donors (Lipinski definition) is 0. The molecule has 102 valence electrons. The molecule has 0 unspecified atom stereocenters. The average molecular weight is 359 g/mol. The Morgan fingerprint density at radius 2 is 1.67 bits per heavy atom. The predicted octanol–water partition coefficient (Wildman–Crippen LogP) is 5.92. The summed E-state index contributed by atoms with van der Waals surface area (Å²) in [5.41, 5.74) is 0.633. The van der Waals surface area contributed by atoms with E-state index in [-0.39, 0.29) is 0 Å². The van der Waals surface area contributed by atoms with E-state index in [1.54, 1.807) is 24.3 Å². The molecular weight excluding hydrogens is 350 g/mol. The van der Waals surface area contributed by atoms with Crippen molar-refractivity contribution in [1.82, 2.24) is 0 Å². The molecule has 3 aromatic carbocycles. The molecule has 0 bridgehead atoms. The van der Waals surface area contributed by atoms with Crippen LogP contribution in [0.4, 0.5) is 0 Å². The number of halogens is 2. The highest BCUT2D eigenvalue weighted by Crippen LogP contribution is 2.36. The second-order valence-electron chi connectivity index (χ2n) is 4.45. The van der Waals surface area contributed by atoms with E-state index < -0.39 is 0 Å². The minimum atomic E-state index is 0.633. The molecule has 0 aliphatic rings. The number of ether oxygens (including phenoxy) is 1. The second-order valence-corrected chi connectivity index (χ2v) is 5.74. The third kappa shape index (κ3) is 2.73. The van der Waals surface area contributed by atoms with E-state index >= 15 is 0 Å². The zero-order valence-corrected chi connectivity index (χ0v) is 13.1. The number of nitrogens with zero attached hydrogens (tertiary/aromatic N) is 1. The number of rotatable bonds is 2. The van der Waals surface area contributed by atoms with E-state index in [0.717, 1.165) is 15.2 Å². The van der Waals surface area contributed by atoms with Gasteiger partial charge in [0, 0.05) is 15.8 Å². The van der Waals surface area contributed by atoms with Crippen LogP contribution in [0.1, 0.15) is 5.56 Å². The SMILES string of the molecule is N#Cc1ccc(Oc2ccc(Cl)cc2Br)c2ccccc12. The van der Waals surface area contributed by atoms with Gasteiger partial charge >= 0.3 is 0 Å². The van der Waals surface area contributed by atoms with Crippen molar-refractivity contribution in [2.24, 2.45) is 0 Å². The highest BCUT2D eigenvalue weighted by molar-refractivity contribution is 9.10. The smallest absolute Gasteiger partial charge is 0.141 e. The van der Waals surface area contributed by atoms with Crippen LogP contribution in [-0.4, -0.2) is 0 Å². The zero-order chi connectivity index (χ0) is 14.8. The van der Waals surface area contributed by atoms with Gasteiger partial charge in [0.15, 0.2) is 0 Å². The molecule has 0 aliphatic carbocycles. The first kappa shape index (κ1) is 13.9. The summed E-state index contributed by atoms with van der Waals surface area (Å²) in [6, 6.07) is 18.8. The molecule has 0 amide bonds. The second kappa shape index (κ2) is 5.77. The molecule has 21 heavy (non-hydrogen) atoms. The van der Waals surface area contributed by atoms with Crippen LogP contribution in [0, 0.1) is 11.3 Å². The first-order valence-corrected chi connectivity index (χ1v) is 7.41. The highest BCUT2D eigenvalue weighted by atomic mass is 79.9. The quantitative estimate of drug-likeness (QED) is 0.569. The topological polar surface area (TPSA) is 33.0 Å². The zero-order valence-electron chi connectivity index (χ0n) is 10.8. The van der Waals surface area contributed by atoms with Gasteiger partial charge in [-0.2, -0.15) is 5.26 Å². The van der Waals surface area contributed by atoms with Crippen molar-refractivity contribution in [1.29, 1.82) is 5.26 Å². The van der Waals surface area contributed by atoms with Crippen LogP contribution in [0.3, 0.4) is 0 Å². The third-order valence-corrected chi connectivity index (χ3v) is 3.97. The van der Waals surface area contributed by atoms with Gasteiger partial charge in [-0.1, -0.05) is 35.9 Å². The molecule has 0 saturated heterocycles. The summed E-state index contributed by atoms with van der Waals surface area (Å²) in [5.74, 6) is 1.38. The molecule has 0 heterocycles. The monoisotopic (exact) mass is 357 g/mol. The van der Waals surface area contributed by atoms with Crippen molar-refractivity contribution in [3.05, 3.63) is 69.7 Å². The van der Waals surface area contributed by atoms with Gasteiger partial charge in [0.05, 0.1) is 16.1 Å². The number of fused-ring (bicyclic) bond motifs is 1. The van der Waals surface area contributed by atoms with Crippen LogP contribution in [0.5, 0.6) is 11.5 Å². The van der Waals surface area contributed by atoms with Crippen LogP contribution in [0.15, 0.2) is 59.1 Å². The van der Waals surface area contributed by atoms with Crippen molar-refractivity contribution in [2.45, 2.75) is 0 Å². The van der Waals surface area contributed by atoms with Gasteiger partial charge < -0.3 is 4.74 Å². The van der Waals surface area contributed by atoms with E-state index in [4.69, 9.17) is 16.3 Å². The summed E-state index contributed by atoms with van der Waals surface area (Å²) in [5, 5.41) is 11.6. The lowest BCUT2D eigenvalue weighted by Crippen LogP contribution is -1.89. The maximum atomic E-state index is 9.18. The Morgan fingerprint density at radius 1 is 0.952 bits per heavy atom. The van der Waals surface area contributed by atoms with Crippen LogP contribution < -0.4 is 4.74 Å². The summed E-state index contributed by atoms with van der Waals surface area (Å²) < 4.78 is 6.74. The Bertz CT molecular complexity index is 870. The van der Waals surface area contributed by atoms with Crippen molar-refractivity contribution < 1.29 is 4.74 Å². The van der Waals surface area contributed by atoms with E-state index in [0.29, 0.717) is 22.1 Å². The van der Waals surface area contributed by atoms with Gasteiger partial charge in [-0.3, -0.25) is 0 Å². The minimum absolute atomic E-state index is 0.633. The Morgan fingerprint density at radius 3 is 2.38 bits per heavy atom. The molecule has 0 aliphatic heterocycles. The Hall–Kier alpha value is -2.02. The van der Waals surface area contributed by atoms with E-state index in [9.17, 15) is 5.26 Å². The number of nitriles is 1. The first-order valence-electron chi connectivity index (χ1n) is 6.24. The average Bonchev–Trinajstić information content (AvgIpc) is 2.50. The maximum Gasteiger partial charge on any atom is 0.141 e. The largest absolute Gasteiger partial charge is 0.456 e. The predicted molar refractivity (Wildman–Crippen MR) is 87.9 cm³/mol. The lowest BCUT2D eigenvalue weighted by molar-refractivity contribution is 0.485. The van der Waals surface area contributed by atoms with E-state index in [2.05, 4.69) is 22.0 Å². The molecule has 0 N–H and O–H groups in total. The Kier molecular flexibility index (Phi) is 3.83. The number of benzene rings is 3. The van der Waals surface area contributed by atoms with Crippen molar-refractivity contribution in [3.63, 3.8) is 0 Å². The first-order chi connectivity index (χ1) is 10.2. The summed E-state index contributed by atoms with van der Waals surface area (Å²) in [6.07, 6.45) is 0. The summed E-state index contributed by atoms with van der Waals surface area (Å²) in [4.78, 5) is 0. The van der Waals surface area contributed by atoms with E-state index in [1.807, 2.05) is 30.3 Å². The Balaban J connectivity index is 2.12. The molecule has 0 atom stereocenters. The molecule has 0 radical (unpaired) electrons. The van der Waals surface area contributed by atoms with Gasteiger partial charge in [0.2, 0.25) is 0 Å². The normalized spacial score (nSPS) is 10.3. The molecule has 0 spiro atoms. The molecular formula is C17H9BrClNO. The molecule has 0 saturated carbocycles. The lowest BCUT2D eigenvalue weighted by atomic mass is 10.0. The summed E-state index contributed by atoms with van der Waals surface area (Å²) >= 11 is 9.37. The summed E-state index contributed by atoms with van der Waals surface area (Å²) in [6.45, 7) is 0. The van der Waals surface area contributed by atoms with E-state index in [1.165, 1.54) is 0 Å². The molecule has 3 rings (SSSR count). The third-order valence-electron chi connectivity index (χ3n) is 3.12. The number of hydrogen-bond acceptors (Lipinski definition) is 2. The molecule has 2 nitrogen and oxygen atoms in total. The molecule has 0 fully saturated rings. The van der Waals surface area contributed by atoms with Crippen molar-refractivity contribution in [2.75, 3.05) is 0 Å². The molecule has 4 heteroatoms. The summed E-state index contributed by atoms with van der Waals surface area (Å²) in [7, 11) is 0. The van der Waals surface area contributed by atoms with Gasteiger partial charge in [-0.05, 0) is 46.3 Å². The van der Waals surface area contributed by atoms with Crippen LogP contribution >= 0.6 is 27.5 Å². The standard InChI is InChI=1S/C17H9BrClNO/c18-15-9-12(19)6-8-17(15)21-16-7-5-11(10-20)13-3-1-2-4-14(13)16/h1-9H. The van der Waals surface area contributed by atoms with Gasteiger partial charge in [0.1, 0.15) is 11.5 Å². The fourth-order valence-corrected chi connectivity index (χ4v) is 2.90. The fraction of sp³-hybridized carbons (Fsp3) is 0. The molecule has 0 aromatic heterocycles. The van der Waals surface area contributed by atoms with Crippen molar-refractivity contribution >= 4 is 38.3 Å². The van der Waals surface area contributed by atoms with Crippen LogP contribution in [-0.2, 0) is 0 Å². The Labute approximate surface area is 135 Å². The van der Waals surface area contributed by atoms with Gasteiger partial charge in [-0.25, -0.2) is 0 Å². The minimum Gasteiger partial charge on any atom is -0.456 e. The lowest BCUT2D eigenvalue weighted by Gasteiger charge is -2.11. The van der Waals surface area contributed by atoms with Crippen LogP contribution in [0.2, 0.25) is 5.02 Å².